The largest absolute Gasteiger partial charge is 0.360 e. The fraction of sp³-hybridized carbons (Fsp3) is 0.389. The lowest BCUT2D eigenvalue weighted by molar-refractivity contribution is -0.127. The maximum atomic E-state index is 12.4. The van der Waals surface area contributed by atoms with Gasteiger partial charge in [0.2, 0.25) is 11.8 Å². The molecule has 2 atom stereocenters. The molecular weight excluding hydrogens is 352 g/mol. The number of carbonyl (C=O) groups is 2. The van der Waals surface area contributed by atoms with Gasteiger partial charge in [-0.2, -0.15) is 0 Å². The average Bonchev–Trinajstić information content (AvgIpc) is 3.21. The van der Waals surface area contributed by atoms with Crippen LogP contribution in [0.3, 0.4) is 0 Å². The molecule has 1 saturated heterocycles. The normalized spacial score (nSPS) is 19.5. The van der Waals surface area contributed by atoms with Crippen molar-refractivity contribution in [2.24, 2.45) is 5.73 Å². The molecule has 7 nitrogen and oxygen atoms in total. The van der Waals surface area contributed by atoms with Gasteiger partial charge in [-0.1, -0.05) is 35.5 Å². The van der Waals surface area contributed by atoms with Crippen LogP contribution in [-0.4, -0.2) is 52.5 Å². The first-order chi connectivity index (χ1) is 12.5. The van der Waals surface area contributed by atoms with Crippen LogP contribution in [0.1, 0.15) is 17.2 Å². The predicted octanol–water partition coefficient (Wildman–Crippen LogP) is 1.61. The molecule has 3 rings (SSSR count). The Hall–Kier alpha value is -2.32. The third-order valence-electron chi connectivity index (χ3n) is 4.30. The molecule has 1 aromatic heterocycles. The molecule has 0 spiro atoms. The highest BCUT2D eigenvalue weighted by molar-refractivity contribution is 8.00. The fourth-order valence-corrected chi connectivity index (χ4v) is 3.73. The molecule has 0 bridgehead atoms. The van der Waals surface area contributed by atoms with E-state index in [1.54, 1.807) is 17.9 Å². The van der Waals surface area contributed by atoms with Crippen molar-refractivity contribution in [3.05, 3.63) is 47.7 Å². The monoisotopic (exact) mass is 374 g/mol. The van der Waals surface area contributed by atoms with Crippen LogP contribution in [0.15, 0.2) is 40.9 Å². The zero-order valence-corrected chi connectivity index (χ0v) is 15.4. The van der Waals surface area contributed by atoms with Gasteiger partial charge >= 0.3 is 0 Å². The third kappa shape index (κ3) is 4.64. The zero-order valence-electron chi connectivity index (χ0n) is 14.6. The number of anilines is 1. The minimum absolute atomic E-state index is 0.00830. The van der Waals surface area contributed by atoms with Gasteiger partial charge in [0, 0.05) is 31.1 Å². The summed E-state index contributed by atoms with van der Waals surface area (Å²) < 4.78 is 4.89. The van der Waals surface area contributed by atoms with E-state index in [0.717, 1.165) is 5.56 Å². The van der Waals surface area contributed by atoms with E-state index in [4.69, 9.17) is 10.3 Å². The molecule has 26 heavy (non-hydrogen) atoms. The summed E-state index contributed by atoms with van der Waals surface area (Å²) in [6.07, 6.45) is 0. The van der Waals surface area contributed by atoms with Gasteiger partial charge in [0.15, 0.2) is 5.82 Å². The maximum Gasteiger partial charge on any atom is 0.235 e. The van der Waals surface area contributed by atoms with Gasteiger partial charge in [-0.05, 0) is 12.5 Å². The van der Waals surface area contributed by atoms with Gasteiger partial charge in [-0.15, -0.1) is 11.8 Å². The first-order valence-corrected chi connectivity index (χ1v) is 9.57. The topological polar surface area (TPSA) is 101 Å². The molecule has 8 heteroatoms. The Balaban J connectivity index is 1.43. The molecular formula is C18H22N4O3S. The van der Waals surface area contributed by atoms with Crippen molar-refractivity contribution in [2.75, 3.05) is 29.9 Å². The molecule has 1 fully saturated rings. The molecule has 2 amide bonds. The molecule has 138 valence electrons. The Morgan fingerprint density at radius 2 is 2.08 bits per heavy atom. The summed E-state index contributed by atoms with van der Waals surface area (Å²) in [4.78, 5) is 26.0. The number of benzene rings is 1. The lowest BCUT2D eigenvalue weighted by Crippen LogP contribution is -2.33. The number of likely N-dealkylation sites (tertiary alicyclic amines) is 1. The Labute approximate surface area is 156 Å². The maximum absolute atomic E-state index is 12.4. The van der Waals surface area contributed by atoms with Crippen molar-refractivity contribution >= 4 is 29.4 Å². The van der Waals surface area contributed by atoms with Gasteiger partial charge < -0.3 is 20.5 Å². The van der Waals surface area contributed by atoms with Gasteiger partial charge in [0.25, 0.3) is 0 Å². The van der Waals surface area contributed by atoms with Gasteiger partial charge in [0.1, 0.15) is 5.76 Å². The number of hydrogen-bond donors (Lipinski definition) is 2. The highest BCUT2D eigenvalue weighted by Gasteiger charge is 2.33. The summed E-state index contributed by atoms with van der Waals surface area (Å²) in [5.74, 6) is 1.39. The van der Waals surface area contributed by atoms with Gasteiger partial charge in [0.05, 0.1) is 11.5 Å². The van der Waals surface area contributed by atoms with Crippen molar-refractivity contribution in [1.82, 2.24) is 10.1 Å². The summed E-state index contributed by atoms with van der Waals surface area (Å²) in [5, 5.41) is 6.33. The summed E-state index contributed by atoms with van der Waals surface area (Å²) in [6.45, 7) is 2.91. The second-order valence-corrected chi connectivity index (χ2v) is 7.33. The van der Waals surface area contributed by atoms with E-state index in [9.17, 15) is 9.59 Å². The fourth-order valence-electron chi connectivity index (χ4n) is 3.01. The standard InChI is InChI=1S/C18H22N4O3S/c1-12-7-16(21-25-12)20-17(23)10-26-11-18(24)22-8-14(15(19)9-22)13-5-3-2-4-6-13/h2-7,14-15H,8-11,19H2,1H3,(H,20,21,23)/t14-,15+/m0/s1. The molecule has 3 N–H and O–H groups in total. The summed E-state index contributed by atoms with van der Waals surface area (Å²) >= 11 is 1.28. The van der Waals surface area contributed by atoms with E-state index in [-0.39, 0.29) is 35.3 Å². The zero-order chi connectivity index (χ0) is 18.5. The van der Waals surface area contributed by atoms with E-state index >= 15 is 0 Å². The molecule has 0 unspecified atom stereocenters. The van der Waals surface area contributed by atoms with E-state index in [1.807, 2.05) is 30.3 Å². The highest BCUT2D eigenvalue weighted by atomic mass is 32.2. The number of rotatable bonds is 6. The number of nitrogens with zero attached hydrogens (tertiary/aromatic N) is 2. The second-order valence-electron chi connectivity index (χ2n) is 6.34. The lowest BCUT2D eigenvalue weighted by atomic mass is 9.95. The molecule has 2 heterocycles. The number of nitrogens with two attached hydrogens (primary N) is 1. The first kappa shape index (κ1) is 18.5. The quantitative estimate of drug-likeness (QED) is 0.796. The minimum atomic E-state index is -0.212. The molecule has 1 aromatic carbocycles. The third-order valence-corrected chi connectivity index (χ3v) is 5.22. The van der Waals surface area contributed by atoms with Crippen LogP contribution in [0.25, 0.3) is 0 Å². The van der Waals surface area contributed by atoms with Crippen LogP contribution in [0.4, 0.5) is 5.82 Å². The first-order valence-electron chi connectivity index (χ1n) is 8.42. The number of aryl methyl sites for hydroxylation is 1. The molecule has 0 aliphatic carbocycles. The number of aromatic nitrogens is 1. The second kappa shape index (κ2) is 8.37. The molecule has 1 aliphatic heterocycles. The van der Waals surface area contributed by atoms with Crippen molar-refractivity contribution < 1.29 is 14.1 Å². The van der Waals surface area contributed by atoms with Crippen LogP contribution >= 0.6 is 11.8 Å². The Kier molecular flexibility index (Phi) is 5.95. The molecule has 2 aromatic rings. The van der Waals surface area contributed by atoms with E-state index < -0.39 is 0 Å². The summed E-state index contributed by atoms with van der Waals surface area (Å²) in [7, 11) is 0. The number of thioether (sulfide) groups is 1. The van der Waals surface area contributed by atoms with E-state index in [1.165, 1.54) is 11.8 Å². The number of nitrogens with one attached hydrogen (secondary N) is 1. The summed E-state index contributed by atoms with van der Waals surface area (Å²) in [5.41, 5.74) is 7.38. The van der Waals surface area contributed by atoms with Crippen molar-refractivity contribution in [1.29, 1.82) is 0 Å². The van der Waals surface area contributed by atoms with Crippen LogP contribution in [0, 0.1) is 6.92 Å². The Morgan fingerprint density at radius 3 is 2.77 bits per heavy atom. The Morgan fingerprint density at radius 1 is 1.31 bits per heavy atom. The van der Waals surface area contributed by atoms with Crippen LogP contribution in [0.5, 0.6) is 0 Å². The number of carbonyl (C=O) groups excluding carboxylic acids is 2. The predicted molar refractivity (Wildman–Crippen MR) is 101 cm³/mol. The molecule has 1 aliphatic rings. The van der Waals surface area contributed by atoms with Crippen molar-refractivity contribution in [3.63, 3.8) is 0 Å². The molecule has 0 saturated carbocycles. The van der Waals surface area contributed by atoms with Crippen LogP contribution in [-0.2, 0) is 9.59 Å². The van der Waals surface area contributed by atoms with Crippen molar-refractivity contribution in [3.8, 4) is 0 Å². The number of amides is 2. The van der Waals surface area contributed by atoms with Gasteiger partial charge in [-0.25, -0.2) is 0 Å². The highest BCUT2D eigenvalue weighted by Crippen LogP contribution is 2.26. The molecule has 0 radical (unpaired) electrons. The SMILES string of the molecule is Cc1cc(NC(=O)CSCC(=O)N2C[C@@H](N)[C@H](c3ccccc3)C2)no1. The van der Waals surface area contributed by atoms with E-state index in [2.05, 4.69) is 10.5 Å². The lowest BCUT2D eigenvalue weighted by Gasteiger charge is -2.16. The number of hydrogen-bond acceptors (Lipinski definition) is 6. The summed E-state index contributed by atoms with van der Waals surface area (Å²) in [6, 6.07) is 11.6. The van der Waals surface area contributed by atoms with Gasteiger partial charge in [-0.3, -0.25) is 9.59 Å². The van der Waals surface area contributed by atoms with Crippen molar-refractivity contribution in [2.45, 2.75) is 18.9 Å². The minimum Gasteiger partial charge on any atom is -0.360 e. The van der Waals surface area contributed by atoms with Crippen LogP contribution in [0.2, 0.25) is 0 Å². The van der Waals surface area contributed by atoms with Crippen LogP contribution < -0.4 is 11.1 Å². The Bertz CT molecular complexity index is 765. The smallest absolute Gasteiger partial charge is 0.235 e. The average molecular weight is 374 g/mol. The van der Waals surface area contributed by atoms with E-state index in [0.29, 0.717) is 24.7 Å².